The lowest BCUT2D eigenvalue weighted by atomic mass is 10.2. The van der Waals surface area contributed by atoms with E-state index < -0.39 is 82.0 Å². The van der Waals surface area contributed by atoms with Crippen LogP contribution in [0.1, 0.15) is 6.92 Å². The van der Waals surface area contributed by atoms with Gasteiger partial charge in [-0.2, -0.15) is 22.0 Å². The van der Waals surface area contributed by atoms with Crippen LogP contribution in [0.4, 0.5) is 35.1 Å². The van der Waals surface area contributed by atoms with Crippen molar-refractivity contribution in [2.75, 3.05) is 54.4 Å². The zero-order valence-corrected chi connectivity index (χ0v) is 19.7. The number of rotatable bonds is 19. The Hall–Kier alpha value is -1.49. The molecule has 12 nitrogen and oxygen atoms in total. The summed E-state index contributed by atoms with van der Waals surface area (Å²) in [5, 5.41) is 19.0. The van der Waals surface area contributed by atoms with Crippen LogP contribution in [0.25, 0.3) is 0 Å². The first-order valence-electron chi connectivity index (χ1n) is 9.72. The third kappa shape index (κ3) is 10.3. The van der Waals surface area contributed by atoms with Crippen molar-refractivity contribution < 1.29 is 92.8 Å². The number of carboxylic acid groups (broad SMARTS) is 1. The zero-order valence-electron chi connectivity index (χ0n) is 19.7. The lowest BCUT2D eigenvalue weighted by Gasteiger charge is -2.46. The SMILES string of the molecule is COCCOC(OCCO)(OCC(F)(F)F)C(OC)(OC(C)C(OC)(OC(F)F)OC(F)(F)F)C(=O)O. The third-order valence-electron chi connectivity index (χ3n) is 4.00. The Labute approximate surface area is 204 Å². The van der Waals surface area contributed by atoms with E-state index in [1.54, 1.807) is 0 Å². The monoisotopic (exact) mass is 574 g/mol. The van der Waals surface area contributed by atoms with Crippen molar-refractivity contribution in [3.05, 3.63) is 0 Å². The van der Waals surface area contributed by atoms with Gasteiger partial charge in [0.15, 0.2) is 0 Å². The molecule has 0 aliphatic rings. The number of alkyl halides is 8. The number of aliphatic carboxylic acids is 1. The van der Waals surface area contributed by atoms with E-state index in [0.29, 0.717) is 21.1 Å². The maximum absolute atomic E-state index is 13.0. The van der Waals surface area contributed by atoms with Crippen LogP contribution in [0.3, 0.4) is 0 Å². The van der Waals surface area contributed by atoms with Crippen molar-refractivity contribution in [1.82, 2.24) is 0 Å². The molecular formula is C17H26F8O12. The van der Waals surface area contributed by atoms with Crippen LogP contribution in [0.5, 0.6) is 0 Å². The second kappa shape index (κ2) is 14.6. The van der Waals surface area contributed by atoms with Gasteiger partial charge in [-0.05, 0) is 6.92 Å². The first kappa shape index (κ1) is 35.5. The van der Waals surface area contributed by atoms with E-state index in [0.717, 1.165) is 7.11 Å². The molecule has 0 aromatic heterocycles. The van der Waals surface area contributed by atoms with Gasteiger partial charge >= 0.3 is 42.9 Å². The first-order valence-corrected chi connectivity index (χ1v) is 9.72. The summed E-state index contributed by atoms with van der Waals surface area (Å²) in [5.74, 6) is -14.0. The van der Waals surface area contributed by atoms with Gasteiger partial charge in [-0.1, -0.05) is 0 Å². The van der Waals surface area contributed by atoms with Crippen LogP contribution in [0.15, 0.2) is 0 Å². The minimum Gasteiger partial charge on any atom is -0.477 e. The molecule has 4 unspecified atom stereocenters. The van der Waals surface area contributed by atoms with E-state index in [4.69, 9.17) is 19.3 Å². The topological polar surface area (TPSA) is 141 Å². The molecule has 0 saturated carbocycles. The Morgan fingerprint density at radius 2 is 1.43 bits per heavy atom. The maximum atomic E-state index is 13.0. The molecule has 0 aromatic carbocycles. The molecule has 0 aromatic rings. The minimum absolute atomic E-state index is 0.369. The van der Waals surface area contributed by atoms with Crippen LogP contribution in [-0.2, 0) is 47.4 Å². The zero-order chi connectivity index (χ0) is 29.1. The molecule has 0 heterocycles. The molecule has 0 spiro atoms. The lowest BCUT2D eigenvalue weighted by Crippen LogP contribution is -2.70. The second-order valence-electron chi connectivity index (χ2n) is 6.49. The fraction of sp³-hybridized carbons (Fsp3) is 0.941. The fourth-order valence-corrected chi connectivity index (χ4v) is 2.61. The van der Waals surface area contributed by atoms with Crippen molar-refractivity contribution in [1.29, 1.82) is 0 Å². The smallest absolute Gasteiger partial charge is 0.477 e. The Morgan fingerprint density at radius 1 is 0.865 bits per heavy atom. The number of aliphatic hydroxyl groups excluding tert-OH is 1. The van der Waals surface area contributed by atoms with Crippen molar-refractivity contribution in [2.24, 2.45) is 0 Å². The molecule has 4 atom stereocenters. The molecule has 0 amide bonds. The molecule has 0 saturated heterocycles. The summed E-state index contributed by atoms with van der Waals surface area (Å²) >= 11 is 0. The van der Waals surface area contributed by atoms with Crippen LogP contribution >= 0.6 is 0 Å². The van der Waals surface area contributed by atoms with Crippen molar-refractivity contribution in [3.63, 3.8) is 0 Å². The van der Waals surface area contributed by atoms with Gasteiger partial charge in [-0.25, -0.2) is 9.53 Å². The van der Waals surface area contributed by atoms with Crippen molar-refractivity contribution in [2.45, 2.75) is 49.9 Å². The normalized spacial score (nSPS) is 18.8. The minimum atomic E-state index is -5.77. The summed E-state index contributed by atoms with van der Waals surface area (Å²) in [6.07, 6.45) is -13.7. The van der Waals surface area contributed by atoms with Gasteiger partial charge in [0.05, 0.1) is 26.4 Å². The average Bonchev–Trinajstić information content (AvgIpc) is 2.76. The summed E-state index contributed by atoms with van der Waals surface area (Å²) in [6.45, 7) is -9.23. The van der Waals surface area contributed by atoms with Gasteiger partial charge in [0, 0.05) is 21.3 Å². The van der Waals surface area contributed by atoms with E-state index in [1.165, 1.54) is 0 Å². The third-order valence-corrected chi connectivity index (χ3v) is 4.00. The van der Waals surface area contributed by atoms with Gasteiger partial charge in [-0.15, -0.1) is 13.2 Å². The Balaban J connectivity index is 6.95. The summed E-state index contributed by atoms with van der Waals surface area (Å²) in [6, 6.07) is 0. The Kier molecular flexibility index (Phi) is 14.0. The average molecular weight is 574 g/mol. The number of ether oxygens (including phenoxy) is 9. The van der Waals surface area contributed by atoms with Gasteiger partial charge in [-0.3, -0.25) is 4.74 Å². The van der Waals surface area contributed by atoms with Gasteiger partial charge in [0.25, 0.3) is 0 Å². The van der Waals surface area contributed by atoms with Crippen LogP contribution < -0.4 is 0 Å². The molecule has 0 bridgehead atoms. The van der Waals surface area contributed by atoms with E-state index in [2.05, 4.69) is 28.4 Å². The van der Waals surface area contributed by atoms with Crippen molar-refractivity contribution in [3.8, 4) is 0 Å². The number of methoxy groups -OCH3 is 3. The molecule has 37 heavy (non-hydrogen) atoms. The quantitative estimate of drug-likeness (QED) is 0.132. The number of hydrogen-bond acceptors (Lipinski definition) is 11. The van der Waals surface area contributed by atoms with E-state index in [9.17, 15) is 45.0 Å². The lowest BCUT2D eigenvalue weighted by molar-refractivity contribution is -0.544. The number of aliphatic hydroxyl groups is 1. The van der Waals surface area contributed by atoms with Gasteiger partial charge in [0.1, 0.15) is 12.7 Å². The molecule has 0 aliphatic heterocycles. The predicted molar refractivity (Wildman–Crippen MR) is 97.5 cm³/mol. The van der Waals surface area contributed by atoms with E-state index in [1.807, 2.05) is 0 Å². The first-order chi connectivity index (χ1) is 16.9. The largest absolute Gasteiger partial charge is 0.526 e. The summed E-state index contributed by atoms with van der Waals surface area (Å²) < 4.78 is 144. The molecule has 20 heteroatoms. The highest BCUT2D eigenvalue weighted by atomic mass is 19.4. The van der Waals surface area contributed by atoms with Crippen LogP contribution in [-0.4, -0.2) is 114 Å². The highest BCUT2D eigenvalue weighted by molar-refractivity contribution is 5.77. The fourth-order valence-electron chi connectivity index (χ4n) is 2.61. The number of hydrogen-bond donors (Lipinski definition) is 2. The van der Waals surface area contributed by atoms with Gasteiger partial charge < -0.3 is 43.4 Å². The summed E-state index contributed by atoms with van der Waals surface area (Å²) in [4.78, 5) is 12.3. The highest BCUT2D eigenvalue weighted by Gasteiger charge is 2.68. The summed E-state index contributed by atoms with van der Waals surface area (Å²) in [7, 11) is 1.92. The summed E-state index contributed by atoms with van der Waals surface area (Å²) in [5.41, 5.74) is 0. The number of carbonyl (C=O) groups is 1. The van der Waals surface area contributed by atoms with Crippen molar-refractivity contribution >= 4 is 5.97 Å². The Morgan fingerprint density at radius 3 is 1.81 bits per heavy atom. The maximum Gasteiger partial charge on any atom is 0.526 e. The molecule has 2 N–H and O–H groups in total. The van der Waals surface area contributed by atoms with Gasteiger partial charge in [0.2, 0.25) is 0 Å². The van der Waals surface area contributed by atoms with Crippen LogP contribution in [0.2, 0.25) is 0 Å². The number of halogens is 8. The number of carboxylic acids is 1. The highest BCUT2D eigenvalue weighted by Crippen LogP contribution is 2.41. The van der Waals surface area contributed by atoms with Crippen LogP contribution in [0, 0.1) is 0 Å². The molecule has 0 radical (unpaired) electrons. The Bertz CT molecular complexity index is 682. The van der Waals surface area contributed by atoms with E-state index in [-0.39, 0.29) is 0 Å². The second-order valence-corrected chi connectivity index (χ2v) is 6.49. The molecule has 222 valence electrons. The predicted octanol–water partition coefficient (Wildman–Crippen LogP) is 1.80. The molecule has 0 rings (SSSR count). The molecule has 0 aliphatic carbocycles. The molecular weight excluding hydrogens is 548 g/mol. The van der Waals surface area contributed by atoms with E-state index >= 15 is 0 Å². The standard InChI is InChI=1S/C17H26F8O12/c1-10(15(31-4,36-12(18)19)37-17(23,24)25)35-14(30-3,11(27)28)16(32-6-5-26,33-8-7-29-2)34-9-13(20,21)22/h10,12,26H,5-9H2,1-4H3,(H,27,28). The molecule has 0 fully saturated rings.